The number of nitrogens with zero attached hydrogens (tertiary/aromatic N) is 1. The lowest BCUT2D eigenvalue weighted by Gasteiger charge is -2.21. The molecule has 0 heterocycles. The van der Waals surface area contributed by atoms with Gasteiger partial charge in [-0.2, -0.15) is 5.26 Å². The number of hydrogen-bond donors (Lipinski definition) is 0. The highest BCUT2D eigenvalue weighted by molar-refractivity contribution is 5.80. The molecule has 6 heteroatoms. The highest BCUT2D eigenvalue weighted by Crippen LogP contribution is 2.10. The number of carbonyl (C=O) groups is 2. The summed E-state index contributed by atoms with van der Waals surface area (Å²) in [5.41, 5.74) is -0.0102. The summed E-state index contributed by atoms with van der Waals surface area (Å²) in [6.45, 7) is 4.93. The molecule has 0 saturated heterocycles. The Morgan fingerprint density at radius 1 is 1.24 bits per heavy atom. The molecule has 21 heavy (non-hydrogen) atoms. The van der Waals surface area contributed by atoms with Crippen LogP contribution in [0.25, 0.3) is 0 Å². The molecule has 1 atom stereocenters. The quantitative estimate of drug-likeness (QED) is 0.792. The van der Waals surface area contributed by atoms with Gasteiger partial charge in [0.25, 0.3) is 6.10 Å². The summed E-state index contributed by atoms with van der Waals surface area (Å²) in [6.07, 6.45) is -2.75. The third-order valence-corrected chi connectivity index (χ3v) is 2.15. The molecule has 1 aromatic rings. The van der Waals surface area contributed by atoms with Gasteiger partial charge < -0.3 is 14.2 Å². The number of carbonyl (C=O) groups excluding carboxylic acids is 2. The first-order valence-corrected chi connectivity index (χ1v) is 6.31. The van der Waals surface area contributed by atoms with Crippen molar-refractivity contribution in [1.29, 1.82) is 5.26 Å². The molecular formula is C15H17NO5. The predicted octanol–water partition coefficient (Wildman–Crippen LogP) is 2.57. The van der Waals surface area contributed by atoms with Crippen molar-refractivity contribution in [2.45, 2.75) is 39.1 Å². The van der Waals surface area contributed by atoms with Crippen LogP contribution in [0.5, 0.6) is 0 Å². The van der Waals surface area contributed by atoms with Crippen LogP contribution >= 0.6 is 0 Å². The molecule has 0 aromatic heterocycles. The van der Waals surface area contributed by atoms with E-state index >= 15 is 0 Å². The van der Waals surface area contributed by atoms with Crippen LogP contribution in [0.15, 0.2) is 30.3 Å². The third-order valence-electron chi connectivity index (χ3n) is 2.15. The molecule has 6 nitrogen and oxygen atoms in total. The van der Waals surface area contributed by atoms with E-state index in [9.17, 15) is 9.59 Å². The Balaban J connectivity index is 2.48. The second kappa shape index (κ2) is 7.29. The molecule has 0 fully saturated rings. The molecule has 0 radical (unpaired) electrons. The van der Waals surface area contributed by atoms with E-state index in [-0.39, 0.29) is 6.61 Å². The van der Waals surface area contributed by atoms with Crippen LogP contribution in [0.2, 0.25) is 0 Å². The van der Waals surface area contributed by atoms with Crippen molar-refractivity contribution >= 4 is 12.1 Å². The maximum atomic E-state index is 11.6. The average molecular weight is 291 g/mol. The van der Waals surface area contributed by atoms with Gasteiger partial charge >= 0.3 is 12.1 Å². The van der Waals surface area contributed by atoms with Crippen molar-refractivity contribution in [2.75, 3.05) is 0 Å². The summed E-state index contributed by atoms with van der Waals surface area (Å²) in [7, 11) is 0. The van der Waals surface area contributed by atoms with Gasteiger partial charge in [0.05, 0.1) is 0 Å². The van der Waals surface area contributed by atoms with Crippen molar-refractivity contribution in [2.24, 2.45) is 0 Å². The molecule has 1 aromatic carbocycles. The highest BCUT2D eigenvalue weighted by Gasteiger charge is 2.28. The Labute approximate surface area is 123 Å². The zero-order valence-corrected chi connectivity index (χ0v) is 12.2. The Hall–Kier alpha value is -2.55. The average Bonchev–Trinajstić information content (AvgIpc) is 2.41. The first kappa shape index (κ1) is 16.5. The minimum atomic E-state index is -1.65. The summed E-state index contributed by atoms with van der Waals surface area (Å²) < 4.78 is 14.4. The number of nitriles is 1. The van der Waals surface area contributed by atoms with Crippen LogP contribution in [-0.4, -0.2) is 23.8 Å². The topological polar surface area (TPSA) is 85.6 Å². The van der Waals surface area contributed by atoms with Crippen LogP contribution < -0.4 is 0 Å². The molecule has 1 rings (SSSR count). The molecule has 0 amide bonds. The SMILES string of the molecule is CC(C)(C)OC(=O)C(C#N)OC(=O)OCc1ccccc1. The Bertz CT molecular complexity index is 527. The second-order valence-corrected chi connectivity index (χ2v) is 5.18. The highest BCUT2D eigenvalue weighted by atomic mass is 16.7. The maximum absolute atomic E-state index is 11.6. The predicted molar refractivity (Wildman–Crippen MR) is 73.0 cm³/mol. The molecule has 0 saturated carbocycles. The van der Waals surface area contributed by atoms with E-state index in [1.165, 1.54) is 0 Å². The zero-order chi connectivity index (χ0) is 15.9. The second-order valence-electron chi connectivity index (χ2n) is 5.18. The largest absolute Gasteiger partial charge is 0.510 e. The molecule has 1 unspecified atom stereocenters. The zero-order valence-electron chi connectivity index (χ0n) is 12.2. The van der Waals surface area contributed by atoms with Crippen molar-refractivity contribution < 1.29 is 23.8 Å². The van der Waals surface area contributed by atoms with Gasteiger partial charge in [-0.3, -0.25) is 0 Å². The molecule has 0 N–H and O–H groups in total. The smallest absolute Gasteiger partial charge is 0.456 e. The summed E-state index contributed by atoms with van der Waals surface area (Å²) in [5, 5.41) is 8.84. The fourth-order valence-corrected chi connectivity index (χ4v) is 1.33. The molecule has 0 spiro atoms. The Morgan fingerprint density at radius 2 is 1.86 bits per heavy atom. The first-order valence-electron chi connectivity index (χ1n) is 6.31. The Morgan fingerprint density at radius 3 is 2.38 bits per heavy atom. The van der Waals surface area contributed by atoms with Crippen LogP contribution in [0, 0.1) is 11.3 Å². The molecule has 0 aliphatic heterocycles. The van der Waals surface area contributed by atoms with Gasteiger partial charge in [0.2, 0.25) is 0 Å². The van der Waals surface area contributed by atoms with Gasteiger partial charge in [0, 0.05) is 0 Å². The van der Waals surface area contributed by atoms with E-state index in [0.717, 1.165) is 5.56 Å². The fourth-order valence-electron chi connectivity index (χ4n) is 1.33. The monoisotopic (exact) mass is 291 g/mol. The molecular weight excluding hydrogens is 274 g/mol. The normalized spacial score (nSPS) is 11.9. The number of benzene rings is 1. The molecule has 0 aliphatic carbocycles. The van der Waals surface area contributed by atoms with Crippen LogP contribution in [0.3, 0.4) is 0 Å². The number of esters is 1. The minimum absolute atomic E-state index is 0.00780. The van der Waals surface area contributed by atoms with E-state index in [2.05, 4.69) is 4.74 Å². The van der Waals surface area contributed by atoms with Gasteiger partial charge in [-0.1, -0.05) is 30.3 Å². The van der Waals surface area contributed by atoms with Crippen molar-refractivity contribution in [3.8, 4) is 6.07 Å². The number of rotatable bonds is 4. The summed E-state index contributed by atoms with van der Waals surface area (Å²) in [4.78, 5) is 23.1. The lowest BCUT2D eigenvalue weighted by atomic mass is 10.2. The van der Waals surface area contributed by atoms with E-state index in [1.54, 1.807) is 51.1 Å². The van der Waals surface area contributed by atoms with Gasteiger partial charge in [-0.15, -0.1) is 0 Å². The van der Waals surface area contributed by atoms with Crippen LogP contribution in [0.4, 0.5) is 4.79 Å². The van der Waals surface area contributed by atoms with E-state index in [4.69, 9.17) is 14.7 Å². The maximum Gasteiger partial charge on any atom is 0.510 e. The number of hydrogen-bond acceptors (Lipinski definition) is 6. The fraction of sp³-hybridized carbons (Fsp3) is 0.400. The minimum Gasteiger partial charge on any atom is -0.456 e. The van der Waals surface area contributed by atoms with Gasteiger partial charge in [0.1, 0.15) is 18.3 Å². The van der Waals surface area contributed by atoms with Crippen molar-refractivity contribution in [3.05, 3.63) is 35.9 Å². The standard InChI is InChI=1S/C15H17NO5/c1-15(2,3)21-13(17)12(9-16)20-14(18)19-10-11-7-5-4-6-8-11/h4-8,12H,10H2,1-3H3. The van der Waals surface area contributed by atoms with Gasteiger partial charge in [-0.05, 0) is 26.3 Å². The van der Waals surface area contributed by atoms with Crippen molar-refractivity contribution in [3.63, 3.8) is 0 Å². The van der Waals surface area contributed by atoms with E-state index in [1.807, 2.05) is 6.07 Å². The first-order chi connectivity index (χ1) is 9.81. The third kappa shape index (κ3) is 6.43. The number of ether oxygens (including phenoxy) is 3. The summed E-state index contributed by atoms with van der Waals surface area (Å²) in [6, 6.07) is 10.5. The van der Waals surface area contributed by atoms with E-state index in [0.29, 0.717) is 0 Å². The van der Waals surface area contributed by atoms with Gasteiger partial charge in [-0.25, -0.2) is 9.59 Å². The lowest BCUT2D eigenvalue weighted by molar-refractivity contribution is -0.163. The Kier molecular flexibility index (Phi) is 5.73. The van der Waals surface area contributed by atoms with Gasteiger partial charge in [0.15, 0.2) is 0 Å². The van der Waals surface area contributed by atoms with Crippen molar-refractivity contribution in [1.82, 2.24) is 0 Å². The van der Waals surface area contributed by atoms with Crippen LogP contribution in [0.1, 0.15) is 26.3 Å². The molecule has 0 bridgehead atoms. The lowest BCUT2D eigenvalue weighted by Crippen LogP contribution is -2.34. The van der Waals surface area contributed by atoms with E-state index < -0.39 is 23.8 Å². The van der Waals surface area contributed by atoms with Crippen LogP contribution in [-0.2, 0) is 25.6 Å². The molecule has 0 aliphatic rings. The summed E-state index contributed by atoms with van der Waals surface area (Å²) >= 11 is 0. The molecule has 112 valence electrons. The summed E-state index contributed by atoms with van der Waals surface area (Å²) in [5.74, 6) is -0.929.